The number of hydrogen-bond acceptors (Lipinski definition) is 5. The number of alkyl carbamates (subject to hydrolysis) is 1. The highest BCUT2D eigenvalue weighted by atomic mass is 19.1. The maximum Gasteiger partial charge on any atom is 0.407 e. The molecule has 23 heavy (non-hydrogen) atoms. The Bertz CT molecular complexity index is 576. The fraction of sp³-hybridized carbons (Fsp3) is 0.688. The van der Waals surface area contributed by atoms with Gasteiger partial charge in [-0.25, -0.2) is 19.2 Å². The van der Waals surface area contributed by atoms with E-state index in [-0.39, 0.29) is 24.0 Å². The standard InChI is InChI=1S/C16H23FN4O2/c1-16(2,3)23-15(22)20-13-10-4-5-11(13)8-21(7-10)14-12(17)6-18-9-19-14/h6,9-11,13H,4-5,7-8H2,1-3H3,(H,20,22)/t10-,11+,13-. The molecule has 0 unspecified atom stereocenters. The first-order chi connectivity index (χ1) is 10.8. The fourth-order valence-electron chi connectivity index (χ4n) is 3.61. The summed E-state index contributed by atoms with van der Waals surface area (Å²) in [6.07, 6.45) is 4.23. The van der Waals surface area contributed by atoms with Gasteiger partial charge in [-0.2, -0.15) is 0 Å². The van der Waals surface area contributed by atoms with Gasteiger partial charge in [0.15, 0.2) is 11.6 Å². The number of hydrogen-bond donors (Lipinski definition) is 1. The molecule has 1 aliphatic carbocycles. The second-order valence-electron chi connectivity index (χ2n) is 7.37. The molecule has 2 bridgehead atoms. The predicted octanol–water partition coefficient (Wildman–Crippen LogP) is 2.36. The smallest absolute Gasteiger partial charge is 0.407 e. The van der Waals surface area contributed by atoms with Crippen LogP contribution < -0.4 is 10.2 Å². The molecular weight excluding hydrogens is 299 g/mol. The molecule has 1 aliphatic heterocycles. The summed E-state index contributed by atoms with van der Waals surface area (Å²) in [5.74, 6) is 0.532. The third kappa shape index (κ3) is 3.54. The molecule has 3 atom stereocenters. The minimum Gasteiger partial charge on any atom is -0.444 e. The van der Waals surface area contributed by atoms with Gasteiger partial charge in [-0.3, -0.25) is 0 Å². The van der Waals surface area contributed by atoms with E-state index < -0.39 is 11.4 Å². The van der Waals surface area contributed by atoms with E-state index in [0.717, 1.165) is 12.8 Å². The molecule has 1 aromatic heterocycles. The van der Waals surface area contributed by atoms with Gasteiger partial charge in [-0.1, -0.05) is 0 Å². The Hall–Kier alpha value is -1.92. The highest BCUT2D eigenvalue weighted by molar-refractivity contribution is 5.68. The Balaban J connectivity index is 1.66. The average molecular weight is 322 g/mol. The largest absolute Gasteiger partial charge is 0.444 e. The number of rotatable bonds is 2. The van der Waals surface area contributed by atoms with E-state index in [1.807, 2.05) is 25.7 Å². The van der Waals surface area contributed by atoms with Crippen LogP contribution in [0.4, 0.5) is 15.0 Å². The highest BCUT2D eigenvalue weighted by Gasteiger charge is 2.44. The van der Waals surface area contributed by atoms with Gasteiger partial charge in [-0.15, -0.1) is 0 Å². The molecule has 6 nitrogen and oxygen atoms in total. The van der Waals surface area contributed by atoms with Crippen molar-refractivity contribution in [2.75, 3.05) is 18.0 Å². The summed E-state index contributed by atoms with van der Waals surface area (Å²) in [6.45, 7) is 6.92. The number of anilines is 1. The SMILES string of the molecule is CC(C)(C)OC(=O)N[C@@H]1[C@@H]2CC[C@H]1CN(c1ncncc1F)C2. The van der Waals surface area contributed by atoms with Crippen molar-refractivity contribution in [3.05, 3.63) is 18.3 Å². The van der Waals surface area contributed by atoms with Gasteiger partial charge >= 0.3 is 6.09 Å². The third-order valence-corrected chi connectivity index (χ3v) is 4.46. The van der Waals surface area contributed by atoms with Gasteiger partial charge in [0.1, 0.15) is 11.9 Å². The molecule has 0 aromatic carbocycles. The molecule has 1 amide bonds. The number of aromatic nitrogens is 2. The van der Waals surface area contributed by atoms with Crippen molar-refractivity contribution in [3.8, 4) is 0 Å². The summed E-state index contributed by atoms with van der Waals surface area (Å²) in [5, 5.41) is 3.01. The number of halogens is 1. The van der Waals surface area contributed by atoms with Crippen molar-refractivity contribution in [2.24, 2.45) is 11.8 Å². The Morgan fingerprint density at radius 1 is 1.35 bits per heavy atom. The van der Waals surface area contributed by atoms with Gasteiger partial charge in [-0.05, 0) is 45.4 Å². The number of carbonyl (C=O) groups excluding carboxylic acids is 1. The summed E-state index contributed by atoms with van der Waals surface area (Å²) < 4.78 is 19.2. The Morgan fingerprint density at radius 2 is 2.00 bits per heavy atom. The maximum atomic E-state index is 13.9. The monoisotopic (exact) mass is 322 g/mol. The topological polar surface area (TPSA) is 67.3 Å². The predicted molar refractivity (Wildman–Crippen MR) is 83.6 cm³/mol. The summed E-state index contributed by atoms with van der Waals surface area (Å²) in [6, 6.07) is 0.0889. The first-order valence-corrected chi connectivity index (χ1v) is 8.03. The molecule has 1 saturated carbocycles. The van der Waals surface area contributed by atoms with Crippen molar-refractivity contribution < 1.29 is 13.9 Å². The molecular formula is C16H23FN4O2. The zero-order valence-corrected chi connectivity index (χ0v) is 13.8. The first kappa shape index (κ1) is 16.0. The quantitative estimate of drug-likeness (QED) is 0.905. The molecule has 1 N–H and O–H groups in total. The van der Waals surface area contributed by atoms with Crippen LogP contribution in [0.2, 0.25) is 0 Å². The van der Waals surface area contributed by atoms with Gasteiger partial charge < -0.3 is 15.0 Å². The van der Waals surface area contributed by atoms with Crippen molar-refractivity contribution in [1.82, 2.24) is 15.3 Å². The fourth-order valence-corrected chi connectivity index (χ4v) is 3.61. The lowest BCUT2D eigenvalue weighted by Crippen LogP contribution is -2.53. The van der Waals surface area contributed by atoms with Crippen molar-refractivity contribution >= 4 is 11.9 Å². The van der Waals surface area contributed by atoms with E-state index in [1.54, 1.807) is 0 Å². The van der Waals surface area contributed by atoms with E-state index in [9.17, 15) is 9.18 Å². The number of carbonyl (C=O) groups is 1. The van der Waals surface area contributed by atoms with Crippen LogP contribution in [-0.2, 0) is 4.74 Å². The van der Waals surface area contributed by atoms with E-state index in [0.29, 0.717) is 18.9 Å². The van der Waals surface area contributed by atoms with Gasteiger partial charge in [0.05, 0.1) is 6.20 Å². The summed E-state index contributed by atoms with van der Waals surface area (Å²) in [4.78, 5) is 21.7. The van der Waals surface area contributed by atoms with E-state index >= 15 is 0 Å². The number of ether oxygens (including phenoxy) is 1. The summed E-state index contributed by atoms with van der Waals surface area (Å²) in [7, 11) is 0. The van der Waals surface area contributed by atoms with Crippen LogP contribution in [-0.4, -0.2) is 40.8 Å². The summed E-state index contributed by atoms with van der Waals surface area (Å²) >= 11 is 0. The second-order valence-corrected chi connectivity index (χ2v) is 7.37. The average Bonchev–Trinajstić information content (AvgIpc) is 2.68. The first-order valence-electron chi connectivity index (χ1n) is 8.03. The molecule has 7 heteroatoms. The van der Waals surface area contributed by atoms with Crippen LogP contribution in [0.15, 0.2) is 12.5 Å². The van der Waals surface area contributed by atoms with E-state index in [4.69, 9.17) is 4.74 Å². The third-order valence-electron chi connectivity index (χ3n) is 4.46. The van der Waals surface area contributed by atoms with Crippen LogP contribution in [0.5, 0.6) is 0 Å². The van der Waals surface area contributed by atoms with Crippen molar-refractivity contribution in [2.45, 2.75) is 45.3 Å². The van der Waals surface area contributed by atoms with Crippen LogP contribution in [0.1, 0.15) is 33.6 Å². The molecule has 3 rings (SSSR count). The zero-order valence-electron chi connectivity index (χ0n) is 13.8. The van der Waals surface area contributed by atoms with E-state index in [2.05, 4.69) is 15.3 Å². The van der Waals surface area contributed by atoms with E-state index in [1.165, 1.54) is 12.5 Å². The number of piperidine rings is 1. The lowest BCUT2D eigenvalue weighted by Gasteiger charge is -2.39. The maximum absolute atomic E-state index is 13.9. The number of amides is 1. The zero-order chi connectivity index (χ0) is 16.6. The lowest BCUT2D eigenvalue weighted by atomic mass is 9.92. The highest BCUT2D eigenvalue weighted by Crippen LogP contribution is 2.38. The van der Waals surface area contributed by atoms with Crippen LogP contribution in [0.25, 0.3) is 0 Å². The van der Waals surface area contributed by atoms with Gasteiger partial charge in [0.25, 0.3) is 0 Å². The van der Waals surface area contributed by atoms with Crippen LogP contribution in [0.3, 0.4) is 0 Å². The molecule has 126 valence electrons. The lowest BCUT2D eigenvalue weighted by molar-refractivity contribution is 0.0472. The Labute approximate surface area is 135 Å². The molecule has 1 saturated heterocycles. The van der Waals surface area contributed by atoms with Gasteiger partial charge in [0, 0.05) is 19.1 Å². The molecule has 0 spiro atoms. The van der Waals surface area contributed by atoms with Crippen molar-refractivity contribution in [3.63, 3.8) is 0 Å². The molecule has 2 fully saturated rings. The molecule has 2 aliphatic rings. The minimum atomic E-state index is -0.506. The molecule has 2 heterocycles. The Morgan fingerprint density at radius 3 is 2.57 bits per heavy atom. The van der Waals surface area contributed by atoms with Crippen LogP contribution in [0, 0.1) is 17.7 Å². The normalized spacial score (nSPS) is 27.0. The summed E-state index contributed by atoms with van der Waals surface area (Å²) in [5.41, 5.74) is -0.506. The van der Waals surface area contributed by atoms with Crippen LogP contribution >= 0.6 is 0 Å². The molecule has 1 aromatic rings. The van der Waals surface area contributed by atoms with Gasteiger partial charge in [0.2, 0.25) is 0 Å². The number of nitrogens with zero attached hydrogens (tertiary/aromatic N) is 3. The van der Waals surface area contributed by atoms with Crippen molar-refractivity contribution in [1.29, 1.82) is 0 Å². The number of fused-ring (bicyclic) bond motifs is 2. The number of nitrogens with one attached hydrogen (secondary N) is 1. The Kier molecular flexibility index (Phi) is 4.12. The minimum absolute atomic E-state index is 0.0889. The molecule has 0 radical (unpaired) electrons. The second kappa shape index (κ2) is 5.94.